The van der Waals surface area contributed by atoms with Crippen LogP contribution in [0, 0.1) is 0 Å². The Kier molecular flexibility index (Phi) is 3.90. The van der Waals surface area contributed by atoms with Crippen LogP contribution in [0.2, 0.25) is 0 Å². The van der Waals surface area contributed by atoms with Crippen LogP contribution in [-0.2, 0) is 12.8 Å². The minimum atomic E-state index is -0.339. The number of aryl methyl sites for hydroxylation is 2. The maximum Gasteiger partial charge on any atom is 0.257 e. The lowest BCUT2D eigenvalue weighted by atomic mass is 10.1. The Morgan fingerprint density at radius 2 is 1.84 bits per heavy atom. The van der Waals surface area contributed by atoms with Crippen molar-refractivity contribution < 1.29 is 4.79 Å². The molecule has 1 aliphatic rings. The molecule has 2 N–H and O–H groups in total. The summed E-state index contributed by atoms with van der Waals surface area (Å²) >= 11 is 0. The first-order valence-electron chi connectivity index (χ1n) is 8.28. The molecule has 4 rings (SSSR count). The molecule has 3 aromatic rings. The Bertz CT molecular complexity index is 993. The number of fused-ring (bicyclic) bond motifs is 1. The summed E-state index contributed by atoms with van der Waals surface area (Å²) in [6.45, 7) is 0. The highest BCUT2D eigenvalue weighted by Crippen LogP contribution is 2.23. The summed E-state index contributed by atoms with van der Waals surface area (Å²) in [6.07, 6.45) is 5.02. The van der Waals surface area contributed by atoms with Crippen LogP contribution in [-0.4, -0.2) is 15.9 Å². The molecular weight excluding hydrogens is 314 g/mol. The molecule has 0 radical (unpaired) electrons. The summed E-state index contributed by atoms with van der Waals surface area (Å²) < 4.78 is 0. The summed E-state index contributed by atoms with van der Waals surface area (Å²) in [4.78, 5) is 31.6. The van der Waals surface area contributed by atoms with Gasteiger partial charge in [0.05, 0.1) is 0 Å². The van der Waals surface area contributed by atoms with Gasteiger partial charge in [0.1, 0.15) is 5.82 Å². The van der Waals surface area contributed by atoms with Crippen molar-refractivity contribution in [2.75, 3.05) is 5.32 Å². The second-order valence-corrected chi connectivity index (χ2v) is 6.16. The predicted molar refractivity (Wildman–Crippen MR) is 96.7 cm³/mol. The molecule has 1 aliphatic carbocycles. The van der Waals surface area contributed by atoms with E-state index in [1.807, 2.05) is 42.6 Å². The van der Waals surface area contributed by atoms with Crippen molar-refractivity contribution in [3.05, 3.63) is 81.8 Å². The summed E-state index contributed by atoms with van der Waals surface area (Å²) in [5.41, 5.74) is 3.95. The number of pyridine rings is 2. The van der Waals surface area contributed by atoms with Crippen LogP contribution in [0.5, 0.6) is 0 Å². The van der Waals surface area contributed by atoms with E-state index in [-0.39, 0.29) is 11.5 Å². The van der Waals surface area contributed by atoms with Gasteiger partial charge in [0.2, 0.25) is 5.56 Å². The zero-order valence-electron chi connectivity index (χ0n) is 13.6. The lowest BCUT2D eigenvalue weighted by molar-refractivity contribution is 0.102. The van der Waals surface area contributed by atoms with E-state index in [9.17, 15) is 9.59 Å². The molecule has 0 bridgehead atoms. The quantitative estimate of drug-likeness (QED) is 0.774. The largest absolute Gasteiger partial charge is 0.322 e. The third kappa shape index (κ3) is 3.21. The van der Waals surface area contributed by atoms with E-state index >= 15 is 0 Å². The van der Waals surface area contributed by atoms with E-state index in [2.05, 4.69) is 15.3 Å². The normalized spacial score (nSPS) is 12.6. The van der Waals surface area contributed by atoms with E-state index in [0.29, 0.717) is 17.1 Å². The number of carbonyl (C=O) groups is 1. The fourth-order valence-corrected chi connectivity index (χ4v) is 3.16. The molecule has 25 heavy (non-hydrogen) atoms. The van der Waals surface area contributed by atoms with Crippen molar-refractivity contribution in [3.8, 4) is 11.3 Å². The van der Waals surface area contributed by atoms with Crippen LogP contribution in [0.1, 0.15) is 27.9 Å². The van der Waals surface area contributed by atoms with E-state index in [1.54, 1.807) is 6.07 Å². The second-order valence-electron chi connectivity index (χ2n) is 6.16. The first-order chi connectivity index (χ1) is 12.2. The number of hydrogen-bond acceptors (Lipinski definition) is 3. The number of hydrogen-bond donors (Lipinski definition) is 2. The first kappa shape index (κ1) is 15.3. The molecule has 1 amide bonds. The van der Waals surface area contributed by atoms with Gasteiger partial charge in [-0.05, 0) is 48.1 Å². The standard InChI is InChI=1S/C20H17N3O2/c24-19-11-16(9-17(22-19)13-5-2-1-3-6-13)20(25)23-18-10-14-7-4-8-15(14)12-21-18/h1-3,5-6,9-12H,4,7-8H2,(H,22,24)(H,21,23,25). The van der Waals surface area contributed by atoms with Gasteiger partial charge in [0, 0.05) is 23.5 Å². The zero-order chi connectivity index (χ0) is 17.2. The second kappa shape index (κ2) is 6.36. The van der Waals surface area contributed by atoms with Crippen LogP contribution in [0.15, 0.2) is 59.5 Å². The van der Waals surface area contributed by atoms with Gasteiger partial charge < -0.3 is 10.3 Å². The molecule has 0 unspecified atom stereocenters. The zero-order valence-corrected chi connectivity index (χ0v) is 13.6. The van der Waals surface area contributed by atoms with Crippen molar-refractivity contribution in [3.63, 3.8) is 0 Å². The number of rotatable bonds is 3. The van der Waals surface area contributed by atoms with Crippen molar-refractivity contribution in [2.45, 2.75) is 19.3 Å². The van der Waals surface area contributed by atoms with E-state index in [4.69, 9.17) is 0 Å². The molecule has 0 saturated carbocycles. The molecule has 5 nitrogen and oxygen atoms in total. The lowest BCUT2D eigenvalue weighted by Gasteiger charge is -2.08. The molecule has 5 heteroatoms. The Morgan fingerprint density at radius 1 is 1.04 bits per heavy atom. The maximum absolute atomic E-state index is 12.5. The number of amides is 1. The maximum atomic E-state index is 12.5. The molecule has 124 valence electrons. The fraction of sp³-hybridized carbons (Fsp3) is 0.150. The number of benzene rings is 1. The van der Waals surface area contributed by atoms with Crippen LogP contribution in [0.4, 0.5) is 5.82 Å². The molecule has 0 aliphatic heterocycles. The Hall–Kier alpha value is -3.21. The smallest absolute Gasteiger partial charge is 0.257 e. The number of aromatic nitrogens is 2. The number of nitrogens with one attached hydrogen (secondary N) is 2. The molecule has 0 spiro atoms. The van der Waals surface area contributed by atoms with Gasteiger partial charge >= 0.3 is 0 Å². The van der Waals surface area contributed by atoms with Gasteiger partial charge in [0.25, 0.3) is 5.91 Å². The Labute approximate surface area is 144 Å². The summed E-state index contributed by atoms with van der Waals surface area (Å²) in [5, 5.41) is 2.79. The predicted octanol–water partition coefficient (Wildman–Crippen LogP) is 3.18. The highest BCUT2D eigenvalue weighted by Gasteiger charge is 2.14. The summed E-state index contributed by atoms with van der Waals surface area (Å²) in [5.74, 6) is 0.181. The molecule has 0 saturated heterocycles. The highest BCUT2D eigenvalue weighted by atomic mass is 16.2. The third-order valence-corrected chi connectivity index (χ3v) is 4.41. The molecule has 0 fully saturated rings. The van der Waals surface area contributed by atoms with Gasteiger partial charge in [-0.1, -0.05) is 30.3 Å². The topological polar surface area (TPSA) is 74.8 Å². The molecule has 0 atom stereocenters. The summed E-state index contributed by atoms with van der Waals surface area (Å²) in [6, 6.07) is 14.3. The summed E-state index contributed by atoms with van der Waals surface area (Å²) in [7, 11) is 0. The average Bonchev–Trinajstić information content (AvgIpc) is 3.09. The average molecular weight is 331 g/mol. The Balaban J connectivity index is 1.62. The molecule has 2 heterocycles. The minimum Gasteiger partial charge on any atom is -0.322 e. The molecule has 2 aromatic heterocycles. The van der Waals surface area contributed by atoms with Crippen molar-refractivity contribution in [2.24, 2.45) is 0 Å². The van der Waals surface area contributed by atoms with Crippen LogP contribution < -0.4 is 10.9 Å². The number of carbonyl (C=O) groups excluding carboxylic acids is 1. The van der Waals surface area contributed by atoms with E-state index < -0.39 is 0 Å². The SMILES string of the molecule is O=C(Nc1cc2c(cn1)CCC2)c1cc(-c2ccccc2)[nH]c(=O)c1. The number of anilines is 1. The third-order valence-electron chi connectivity index (χ3n) is 4.41. The highest BCUT2D eigenvalue weighted by molar-refractivity contribution is 6.04. The van der Waals surface area contributed by atoms with Gasteiger partial charge in [-0.3, -0.25) is 9.59 Å². The monoisotopic (exact) mass is 331 g/mol. The molecule has 1 aromatic carbocycles. The van der Waals surface area contributed by atoms with Crippen molar-refractivity contribution in [1.29, 1.82) is 0 Å². The van der Waals surface area contributed by atoms with Crippen LogP contribution >= 0.6 is 0 Å². The van der Waals surface area contributed by atoms with Crippen molar-refractivity contribution in [1.82, 2.24) is 9.97 Å². The molecular formula is C20H17N3O2. The minimum absolute atomic E-state index is 0.310. The van der Waals surface area contributed by atoms with Gasteiger partial charge in [-0.15, -0.1) is 0 Å². The number of nitrogens with zero attached hydrogens (tertiary/aromatic N) is 1. The van der Waals surface area contributed by atoms with Gasteiger partial charge in [-0.25, -0.2) is 4.98 Å². The van der Waals surface area contributed by atoms with E-state index in [1.165, 1.54) is 17.2 Å². The van der Waals surface area contributed by atoms with Crippen molar-refractivity contribution >= 4 is 11.7 Å². The fourth-order valence-electron chi connectivity index (χ4n) is 3.16. The number of aromatic amines is 1. The van der Waals surface area contributed by atoms with E-state index in [0.717, 1.165) is 24.8 Å². The van der Waals surface area contributed by atoms with Gasteiger partial charge in [0.15, 0.2) is 0 Å². The van der Waals surface area contributed by atoms with Crippen LogP contribution in [0.25, 0.3) is 11.3 Å². The lowest BCUT2D eigenvalue weighted by Crippen LogP contribution is -2.17. The Morgan fingerprint density at radius 3 is 2.68 bits per heavy atom. The van der Waals surface area contributed by atoms with Gasteiger partial charge in [-0.2, -0.15) is 0 Å². The number of H-pyrrole nitrogens is 1. The van der Waals surface area contributed by atoms with Crippen LogP contribution in [0.3, 0.4) is 0 Å². The first-order valence-corrected chi connectivity index (χ1v) is 8.28.